The number of amides is 1. The molecule has 0 atom stereocenters. The summed E-state index contributed by atoms with van der Waals surface area (Å²) in [7, 11) is 0. The fourth-order valence-electron chi connectivity index (χ4n) is 1.91. The number of nitrogens with one attached hydrogen (secondary N) is 1. The van der Waals surface area contributed by atoms with E-state index in [2.05, 4.69) is 26.5 Å². The first-order valence-electron chi connectivity index (χ1n) is 7.12. The second-order valence-electron chi connectivity index (χ2n) is 4.78. The Labute approximate surface area is 152 Å². The van der Waals surface area contributed by atoms with Gasteiger partial charge in [-0.2, -0.15) is 5.10 Å². The molecule has 120 valence electrons. The van der Waals surface area contributed by atoms with Gasteiger partial charge in [-0.3, -0.25) is 4.79 Å². The van der Waals surface area contributed by atoms with Crippen molar-refractivity contribution in [2.75, 3.05) is 0 Å². The van der Waals surface area contributed by atoms with E-state index in [0.29, 0.717) is 11.3 Å². The Kier molecular flexibility index (Phi) is 5.51. The quantitative estimate of drug-likeness (QED) is 0.486. The van der Waals surface area contributed by atoms with Gasteiger partial charge in [0.05, 0.1) is 6.21 Å². The van der Waals surface area contributed by atoms with E-state index in [-0.39, 0.29) is 5.91 Å². The summed E-state index contributed by atoms with van der Waals surface area (Å²) < 4.78 is 6.49. The molecule has 0 unspecified atom stereocenters. The predicted octanol–water partition coefficient (Wildman–Crippen LogP) is 4.96. The number of carbonyl (C=O) groups is 1. The standard InChI is InChI=1S/C18H13BrN2O2S/c19-14-6-4-5-13(11-14)18(22)21-20-12-15-9-10-17(23-15)24-16-7-2-1-3-8-16/h1-12H,(H,21,22)/b20-12-. The average molecular weight is 401 g/mol. The molecule has 0 aliphatic carbocycles. The summed E-state index contributed by atoms with van der Waals surface area (Å²) in [5, 5.41) is 4.69. The van der Waals surface area contributed by atoms with Gasteiger partial charge in [0.1, 0.15) is 5.76 Å². The Morgan fingerprint density at radius 1 is 1.08 bits per heavy atom. The molecule has 3 rings (SSSR count). The summed E-state index contributed by atoms with van der Waals surface area (Å²) in [6, 6.07) is 20.7. The maximum atomic E-state index is 12.0. The number of hydrazone groups is 1. The van der Waals surface area contributed by atoms with E-state index < -0.39 is 0 Å². The van der Waals surface area contributed by atoms with Crippen LogP contribution >= 0.6 is 27.7 Å². The average Bonchev–Trinajstić information content (AvgIpc) is 3.03. The molecule has 0 radical (unpaired) electrons. The largest absolute Gasteiger partial charge is 0.448 e. The molecule has 0 fully saturated rings. The number of halogens is 1. The highest BCUT2D eigenvalue weighted by Crippen LogP contribution is 2.28. The Balaban J connectivity index is 1.58. The molecule has 0 saturated heterocycles. The summed E-state index contributed by atoms with van der Waals surface area (Å²) in [6.45, 7) is 0. The fraction of sp³-hybridized carbons (Fsp3) is 0. The molecular formula is C18H13BrN2O2S. The van der Waals surface area contributed by atoms with Crippen molar-refractivity contribution >= 4 is 39.8 Å². The molecule has 0 aliphatic heterocycles. The van der Waals surface area contributed by atoms with Crippen molar-refractivity contribution in [1.29, 1.82) is 0 Å². The van der Waals surface area contributed by atoms with Gasteiger partial charge in [0.25, 0.3) is 5.91 Å². The topological polar surface area (TPSA) is 54.6 Å². The Morgan fingerprint density at radius 3 is 2.71 bits per heavy atom. The number of benzene rings is 2. The van der Waals surface area contributed by atoms with Gasteiger partial charge in [-0.1, -0.05) is 52.0 Å². The van der Waals surface area contributed by atoms with Crippen LogP contribution in [-0.4, -0.2) is 12.1 Å². The summed E-state index contributed by atoms with van der Waals surface area (Å²) >= 11 is 4.86. The number of rotatable bonds is 5. The van der Waals surface area contributed by atoms with Gasteiger partial charge in [-0.25, -0.2) is 5.43 Å². The van der Waals surface area contributed by atoms with Gasteiger partial charge < -0.3 is 4.42 Å². The van der Waals surface area contributed by atoms with Gasteiger partial charge >= 0.3 is 0 Å². The molecule has 3 aromatic rings. The number of hydrogen-bond donors (Lipinski definition) is 1. The van der Waals surface area contributed by atoms with E-state index in [4.69, 9.17) is 4.42 Å². The van der Waals surface area contributed by atoms with Gasteiger partial charge in [0.2, 0.25) is 0 Å². The van der Waals surface area contributed by atoms with Crippen molar-refractivity contribution in [3.8, 4) is 0 Å². The first-order valence-corrected chi connectivity index (χ1v) is 8.73. The summed E-state index contributed by atoms with van der Waals surface area (Å²) in [5.74, 6) is 0.293. The van der Waals surface area contributed by atoms with Crippen LogP contribution in [0.25, 0.3) is 0 Å². The Morgan fingerprint density at radius 2 is 1.92 bits per heavy atom. The number of furan rings is 1. The lowest BCUT2D eigenvalue weighted by Crippen LogP contribution is -2.17. The van der Waals surface area contributed by atoms with Crippen LogP contribution in [0.1, 0.15) is 16.1 Å². The van der Waals surface area contributed by atoms with Crippen molar-refractivity contribution in [2.24, 2.45) is 5.10 Å². The third kappa shape index (κ3) is 4.59. The molecule has 4 nitrogen and oxygen atoms in total. The summed E-state index contributed by atoms with van der Waals surface area (Å²) in [5.41, 5.74) is 3.01. The van der Waals surface area contributed by atoms with Gasteiger partial charge in [0.15, 0.2) is 5.09 Å². The third-order valence-electron chi connectivity index (χ3n) is 3.01. The molecule has 1 amide bonds. The molecular weight excluding hydrogens is 388 g/mol. The van der Waals surface area contributed by atoms with E-state index in [9.17, 15) is 4.79 Å². The molecule has 0 spiro atoms. The zero-order valence-electron chi connectivity index (χ0n) is 12.5. The van der Waals surface area contributed by atoms with E-state index >= 15 is 0 Å². The smallest absolute Gasteiger partial charge is 0.271 e. The van der Waals surface area contributed by atoms with Crippen LogP contribution in [0.4, 0.5) is 0 Å². The predicted molar refractivity (Wildman–Crippen MR) is 98.5 cm³/mol. The molecule has 0 aliphatic rings. The molecule has 1 aromatic heterocycles. The molecule has 1 heterocycles. The van der Waals surface area contributed by atoms with E-state index in [1.165, 1.54) is 18.0 Å². The van der Waals surface area contributed by atoms with Crippen LogP contribution in [0.2, 0.25) is 0 Å². The van der Waals surface area contributed by atoms with Crippen molar-refractivity contribution in [3.05, 3.63) is 82.5 Å². The second-order valence-corrected chi connectivity index (χ2v) is 6.77. The van der Waals surface area contributed by atoms with Crippen LogP contribution in [0, 0.1) is 0 Å². The van der Waals surface area contributed by atoms with Gasteiger partial charge in [0, 0.05) is 14.9 Å². The minimum atomic E-state index is -0.280. The highest BCUT2D eigenvalue weighted by Gasteiger charge is 2.05. The molecule has 24 heavy (non-hydrogen) atoms. The molecule has 6 heteroatoms. The normalized spacial score (nSPS) is 10.9. The summed E-state index contributed by atoms with van der Waals surface area (Å²) in [4.78, 5) is 13.0. The van der Waals surface area contributed by atoms with Gasteiger partial charge in [-0.05, 0) is 42.5 Å². The van der Waals surface area contributed by atoms with Crippen molar-refractivity contribution in [1.82, 2.24) is 5.43 Å². The van der Waals surface area contributed by atoms with Crippen LogP contribution in [0.3, 0.4) is 0 Å². The van der Waals surface area contributed by atoms with Gasteiger partial charge in [-0.15, -0.1) is 0 Å². The van der Waals surface area contributed by atoms with Crippen LogP contribution in [0.15, 0.2) is 90.7 Å². The fourth-order valence-corrected chi connectivity index (χ4v) is 3.11. The van der Waals surface area contributed by atoms with Crippen LogP contribution in [0.5, 0.6) is 0 Å². The minimum Gasteiger partial charge on any atom is -0.448 e. The maximum absolute atomic E-state index is 12.0. The first kappa shape index (κ1) is 16.5. The lowest BCUT2D eigenvalue weighted by molar-refractivity contribution is 0.0955. The first-order chi connectivity index (χ1) is 11.7. The lowest BCUT2D eigenvalue weighted by Gasteiger charge is -1.99. The number of nitrogens with zero attached hydrogens (tertiary/aromatic N) is 1. The van der Waals surface area contributed by atoms with Crippen molar-refractivity contribution in [2.45, 2.75) is 9.99 Å². The summed E-state index contributed by atoms with van der Waals surface area (Å²) in [6.07, 6.45) is 1.48. The van der Waals surface area contributed by atoms with E-state index in [1.807, 2.05) is 42.5 Å². The molecule has 2 aromatic carbocycles. The van der Waals surface area contributed by atoms with Crippen LogP contribution in [-0.2, 0) is 0 Å². The van der Waals surface area contributed by atoms with Crippen LogP contribution < -0.4 is 5.43 Å². The third-order valence-corrected chi connectivity index (χ3v) is 4.43. The molecule has 0 saturated carbocycles. The maximum Gasteiger partial charge on any atom is 0.271 e. The van der Waals surface area contributed by atoms with Crippen molar-refractivity contribution in [3.63, 3.8) is 0 Å². The monoisotopic (exact) mass is 400 g/mol. The lowest BCUT2D eigenvalue weighted by atomic mass is 10.2. The zero-order valence-corrected chi connectivity index (χ0v) is 14.9. The Hall–Kier alpha value is -2.31. The zero-order chi connectivity index (χ0) is 16.8. The number of carbonyl (C=O) groups excluding carboxylic acids is 1. The van der Waals surface area contributed by atoms with E-state index in [0.717, 1.165) is 14.5 Å². The second kappa shape index (κ2) is 7.99. The number of hydrogen-bond acceptors (Lipinski definition) is 4. The van der Waals surface area contributed by atoms with Crippen molar-refractivity contribution < 1.29 is 9.21 Å². The van der Waals surface area contributed by atoms with E-state index in [1.54, 1.807) is 24.3 Å². The Bertz CT molecular complexity index is 862. The minimum absolute atomic E-state index is 0.280. The highest BCUT2D eigenvalue weighted by atomic mass is 79.9. The highest BCUT2D eigenvalue weighted by molar-refractivity contribution is 9.10. The molecule has 0 bridgehead atoms. The molecule has 1 N–H and O–H groups in total. The SMILES string of the molecule is O=C(N/N=C\c1ccc(Sc2ccccc2)o1)c1cccc(Br)c1.